The lowest BCUT2D eigenvalue weighted by Gasteiger charge is -2.35. The highest BCUT2D eigenvalue weighted by Gasteiger charge is 2.28. The molecule has 1 saturated heterocycles. The minimum atomic E-state index is -0.196. The summed E-state index contributed by atoms with van der Waals surface area (Å²) in [7, 11) is 0. The maximum atomic E-state index is 12.4. The van der Waals surface area contributed by atoms with Crippen LogP contribution in [0.15, 0.2) is 4.79 Å². The summed E-state index contributed by atoms with van der Waals surface area (Å²) in [5, 5.41) is 0. The van der Waals surface area contributed by atoms with Gasteiger partial charge >= 0.3 is 11.7 Å². The topological polar surface area (TPSA) is 108 Å². The quantitative estimate of drug-likeness (QED) is 0.719. The average molecular weight is 390 g/mol. The number of fused-ring (bicyclic) bond motifs is 1. The van der Waals surface area contributed by atoms with E-state index in [1.807, 2.05) is 0 Å². The minimum Gasteiger partial charge on any atom is -0.463 e. The first-order valence-corrected chi connectivity index (χ1v) is 10.4. The molecule has 3 N–H and O–H groups in total. The largest absolute Gasteiger partial charge is 0.463 e. The Bertz CT molecular complexity index is 884. The molecule has 0 bridgehead atoms. The zero-order valence-electron chi connectivity index (χ0n) is 16.9. The summed E-state index contributed by atoms with van der Waals surface area (Å²) < 4.78 is 13.1. The third-order valence-corrected chi connectivity index (χ3v) is 5.88. The number of H-pyrrole nitrogens is 1. The van der Waals surface area contributed by atoms with Gasteiger partial charge in [0.2, 0.25) is 0 Å². The summed E-state index contributed by atoms with van der Waals surface area (Å²) in [4.78, 5) is 23.9. The van der Waals surface area contributed by atoms with Crippen molar-refractivity contribution in [2.45, 2.75) is 70.9 Å². The fraction of sp³-hybridized carbons (Fsp3) is 0.750. The van der Waals surface area contributed by atoms with Crippen LogP contribution in [0, 0.1) is 11.8 Å². The molecule has 4 rings (SSSR count). The van der Waals surface area contributed by atoms with Crippen molar-refractivity contribution < 1.29 is 9.47 Å². The van der Waals surface area contributed by atoms with Gasteiger partial charge in [0.05, 0.1) is 12.2 Å². The van der Waals surface area contributed by atoms with Crippen LogP contribution >= 0.6 is 0 Å². The molecule has 0 spiro atoms. The Labute approximate surface area is 164 Å². The Morgan fingerprint density at radius 3 is 2.82 bits per heavy atom. The van der Waals surface area contributed by atoms with Gasteiger partial charge in [-0.05, 0) is 57.8 Å². The maximum Gasteiger partial charge on any atom is 0.327 e. The van der Waals surface area contributed by atoms with Gasteiger partial charge in [-0.25, -0.2) is 4.79 Å². The highest BCUT2D eigenvalue weighted by atomic mass is 16.5. The molecule has 2 aromatic rings. The third-order valence-electron chi connectivity index (χ3n) is 5.88. The second-order valence-electron chi connectivity index (χ2n) is 8.86. The first-order valence-electron chi connectivity index (χ1n) is 10.4. The van der Waals surface area contributed by atoms with Gasteiger partial charge in [-0.1, -0.05) is 12.8 Å². The number of ether oxygens (including phenoxy) is 2. The lowest BCUT2D eigenvalue weighted by Crippen LogP contribution is -2.34. The van der Waals surface area contributed by atoms with Gasteiger partial charge in [0.25, 0.3) is 0 Å². The molecular formula is C20H31N5O3. The molecule has 0 radical (unpaired) electrons. The van der Waals surface area contributed by atoms with Crippen molar-refractivity contribution in [3.8, 4) is 6.01 Å². The van der Waals surface area contributed by atoms with E-state index in [2.05, 4.69) is 28.8 Å². The number of imidazole rings is 1. The number of nitrogens with one attached hydrogen (secondary N) is 1. The van der Waals surface area contributed by atoms with E-state index in [0.717, 1.165) is 44.6 Å². The van der Waals surface area contributed by atoms with E-state index >= 15 is 0 Å². The monoisotopic (exact) mass is 389 g/mol. The molecule has 154 valence electrons. The molecule has 1 saturated carbocycles. The predicted octanol–water partition coefficient (Wildman–Crippen LogP) is 2.87. The van der Waals surface area contributed by atoms with E-state index in [1.54, 1.807) is 4.57 Å². The lowest BCUT2D eigenvalue weighted by molar-refractivity contribution is -0.0738. The highest BCUT2D eigenvalue weighted by molar-refractivity contribution is 5.81. The Morgan fingerprint density at radius 2 is 2.07 bits per heavy atom. The molecule has 0 aromatic carbocycles. The zero-order chi connectivity index (χ0) is 19.7. The van der Waals surface area contributed by atoms with Crippen LogP contribution in [-0.2, 0) is 11.3 Å². The molecule has 3 heterocycles. The molecule has 8 nitrogen and oxygen atoms in total. The van der Waals surface area contributed by atoms with Crippen LogP contribution in [0.3, 0.4) is 0 Å². The van der Waals surface area contributed by atoms with E-state index in [9.17, 15) is 4.79 Å². The van der Waals surface area contributed by atoms with Gasteiger partial charge < -0.3 is 20.2 Å². The number of hydrogen-bond donors (Lipinski definition) is 2. The molecule has 1 unspecified atom stereocenters. The summed E-state index contributed by atoms with van der Waals surface area (Å²) in [5.74, 6) is 1.67. The first kappa shape index (κ1) is 19.2. The zero-order valence-corrected chi connectivity index (χ0v) is 16.9. The van der Waals surface area contributed by atoms with Crippen molar-refractivity contribution in [3.05, 3.63) is 10.5 Å². The van der Waals surface area contributed by atoms with Crippen LogP contribution in [0.25, 0.3) is 11.2 Å². The van der Waals surface area contributed by atoms with Crippen LogP contribution in [0.4, 0.5) is 5.82 Å². The summed E-state index contributed by atoms with van der Waals surface area (Å²) >= 11 is 0. The van der Waals surface area contributed by atoms with E-state index in [0.29, 0.717) is 30.2 Å². The third kappa shape index (κ3) is 4.48. The normalized spacial score (nSPS) is 21.9. The van der Waals surface area contributed by atoms with Gasteiger partial charge in [-0.2, -0.15) is 9.97 Å². The summed E-state index contributed by atoms with van der Waals surface area (Å²) in [6, 6.07) is 0.254. The second kappa shape index (κ2) is 7.73. The Morgan fingerprint density at radius 1 is 1.25 bits per heavy atom. The Balaban J connectivity index is 1.42. The van der Waals surface area contributed by atoms with E-state index in [1.165, 1.54) is 12.8 Å². The van der Waals surface area contributed by atoms with Crippen LogP contribution in [0.2, 0.25) is 0 Å². The molecule has 2 aliphatic rings. The lowest BCUT2D eigenvalue weighted by atomic mass is 9.85. The van der Waals surface area contributed by atoms with Crippen LogP contribution in [0.5, 0.6) is 6.01 Å². The number of hydrogen-bond acceptors (Lipinski definition) is 6. The molecule has 28 heavy (non-hydrogen) atoms. The van der Waals surface area contributed by atoms with Crippen LogP contribution in [-0.4, -0.2) is 38.3 Å². The van der Waals surface area contributed by atoms with E-state index in [4.69, 9.17) is 15.2 Å². The van der Waals surface area contributed by atoms with Crippen molar-refractivity contribution in [1.82, 2.24) is 19.5 Å². The average Bonchev–Trinajstić information content (AvgIpc) is 3.39. The molecule has 1 atom stereocenters. The highest BCUT2D eigenvalue weighted by Crippen LogP contribution is 2.32. The van der Waals surface area contributed by atoms with Crippen molar-refractivity contribution in [2.24, 2.45) is 11.8 Å². The molecule has 8 heteroatoms. The number of aryl methyl sites for hydroxylation is 1. The molecule has 0 amide bonds. The van der Waals surface area contributed by atoms with Crippen molar-refractivity contribution in [1.29, 1.82) is 0 Å². The minimum absolute atomic E-state index is 0.0467. The standard InChI is InChI=1S/C20H31N5O3/c1-20(2)12-14(8-11-28-20)4-3-9-25-17-15(22-19(25)26)16(21)23-18(24-17)27-10-7-13-5-6-13/h13-14H,3-12H2,1-2H3,(H,22,26)(H2,21,23,24). The van der Waals surface area contributed by atoms with Gasteiger partial charge in [0.1, 0.15) is 5.52 Å². The summed E-state index contributed by atoms with van der Waals surface area (Å²) in [5.41, 5.74) is 6.81. The predicted molar refractivity (Wildman–Crippen MR) is 107 cm³/mol. The van der Waals surface area contributed by atoms with Gasteiger partial charge in [0, 0.05) is 13.2 Å². The number of nitrogen functional groups attached to an aromatic ring is 1. The number of rotatable bonds is 8. The van der Waals surface area contributed by atoms with Crippen molar-refractivity contribution in [3.63, 3.8) is 0 Å². The van der Waals surface area contributed by atoms with Crippen molar-refractivity contribution in [2.75, 3.05) is 18.9 Å². The fourth-order valence-corrected chi connectivity index (χ4v) is 4.17. The number of aromatic nitrogens is 4. The number of nitrogens with zero attached hydrogens (tertiary/aromatic N) is 3. The molecule has 2 fully saturated rings. The number of aromatic amines is 1. The molecule has 2 aromatic heterocycles. The van der Waals surface area contributed by atoms with Crippen molar-refractivity contribution >= 4 is 17.0 Å². The maximum absolute atomic E-state index is 12.4. The molecule has 1 aliphatic carbocycles. The summed E-state index contributed by atoms with van der Waals surface area (Å²) in [6.45, 7) is 6.30. The van der Waals surface area contributed by atoms with E-state index in [-0.39, 0.29) is 23.1 Å². The Kier molecular flexibility index (Phi) is 5.31. The Hall–Kier alpha value is -2.09. The fourth-order valence-electron chi connectivity index (χ4n) is 4.17. The van der Waals surface area contributed by atoms with Crippen LogP contribution in [0.1, 0.15) is 58.8 Å². The van der Waals surface area contributed by atoms with Gasteiger partial charge in [-0.15, -0.1) is 0 Å². The second-order valence-corrected chi connectivity index (χ2v) is 8.86. The van der Waals surface area contributed by atoms with E-state index < -0.39 is 0 Å². The first-order chi connectivity index (χ1) is 13.4. The summed E-state index contributed by atoms with van der Waals surface area (Å²) in [6.07, 6.45) is 7.71. The van der Waals surface area contributed by atoms with Gasteiger partial charge in [0.15, 0.2) is 11.5 Å². The molecular weight excluding hydrogens is 358 g/mol. The molecule has 1 aliphatic heterocycles. The number of anilines is 1. The SMILES string of the molecule is CC1(C)CC(CCCn2c(=O)[nH]c3c(N)nc(OCCC4CC4)nc32)CCO1. The smallest absolute Gasteiger partial charge is 0.327 e. The van der Waals surface area contributed by atoms with Crippen LogP contribution < -0.4 is 16.2 Å². The number of nitrogens with two attached hydrogens (primary N) is 1. The van der Waals surface area contributed by atoms with Gasteiger partial charge in [-0.3, -0.25) is 4.57 Å².